The normalized spacial score (nSPS) is 26.0. The van der Waals surface area contributed by atoms with E-state index in [-0.39, 0.29) is 5.01 Å². The molecule has 1 atom stereocenters. The van der Waals surface area contributed by atoms with Crippen LogP contribution in [0.25, 0.3) is 0 Å². The molecule has 0 saturated carbocycles. The SMILES string of the molecule is BrC1=COC(Br)C(Br)=C1Br. The summed E-state index contributed by atoms with van der Waals surface area (Å²) in [6.07, 6.45) is 1.63. The van der Waals surface area contributed by atoms with Crippen LogP contribution in [0.4, 0.5) is 0 Å². The van der Waals surface area contributed by atoms with Crippen LogP contribution in [0.15, 0.2) is 19.7 Å². The van der Waals surface area contributed by atoms with Crippen LogP contribution in [0.5, 0.6) is 0 Å². The van der Waals surface area contributed by atoms with E-state index in [1.54, 1.807) is 6.26 Å². The van der Waals surface area contributed by atoms with E-state index in [1.807, 2.05) is 0 Å². The highest BCUT2D eigenvalue weighted by Gasteiger charge is 2.18. The highest BCUT2D eigenvalue weighted by molar-refractivity contribution is 9.16. The van der Waals surface area contributed by atoms with Crippen molar-refractivity contribution in [2.24, 2.45) is 0 Å². The van der Waals surface area contributed by atoms with Gasteiger partial charge in [-0.15, -0.1) is 0 Å². The van der Waals surface area contributed by atoms with E-state index >= 15 is 0 Å². The Morgan fingerprint density at radius 1 is 1.30 bits per heavy atom. The summed E-state index contributed by atoms with van der Waals surface area (Å²) in [5.41, 5.74) is 0. The molecule has 1 nitrogen and oxygen atoms in total. The van der Waals surface area contributed by atoms with Crippen molar-refractivity contribution in [2.45, 2.75) is 5.01 Å². The molecular weight excluding hydrogens is 396 g/mol. The minimum atomic E-state index is -0.0804. The fourth-order valence-corrected chi connectivity index (χ4v) is 2.30. The van der Waals surface area contributed by atoms with E-state index in [0.29, 0.717) is 0 Å². The molecule has 1 heterocycles. The van der Waals surface area contributed by atoms with Crippen molar-refractivity contribution >= 4 is 63.7 Å². The van der Waals surface area contributed by atoms with Crippen LogP contribution in [0.2, 0.25) is 0 Å². The fourth-order valence-electron chi connectivity index (χ4n) is 0.445. The van der Waals surface area contributed by atoms with E-state index in [2.05, 4.69) is 63.7 Å². The maximum atomic E-state index is 5.15. The summed E-state index contributed by atoms with van der Waals surface area (Å²) < 4.78 is 7.96. The first-order valence-electron chi connectivity index (χ1n) is 2.33. The lowest BCUT2D eigenvalue weighted by Gasteiger charge is -2.16. The number of halogens is 4. The Kier molecular flexibility index (Phi) is 3.47. The summed E-state index contributed by atoms with van der Waals surface area (Å²) in [4.78, 5) is 0. The predicted octanol–water partition coefficient (Wildman–Crippen LogP) is 3.98. The molecule has 1 aliphatic heterocycles. The number of hydrogen-bond acceptors (Lipinski definition) is 1. The van der Waals surface area contributed by atoms with Crippen LogP contribution >= 0.6 is 63.7 Å². The predicted molar refractivity (Wildman–Crippen MR) is 55.7 cm³/mol. The topological polar surface area (TPSA) is 9.23 Å². The molecule has 0 fully saturated rings. The summed E-state index contributed by atoms with van der Waals surface area (Å²) in [6.45, 7) is 0. The van der Waals surface area contributed by atoms with Crippen molar-refractivity contribution in [2.75, 3.05) is 0 Å². The van der Waals surface area contributed by atoms with Gasteiger partial charge in [-0.25, -0.2) is 0 Å². The Morgan fingerprint density at radius 3 is 2.40 bits per heavy atom. The summed E-state index contributed by atoms with van der Waals surface area (Å²) in [6, 6.07) is 0. The molecule has 0 saturated heterocycles. The first-order valence-corrected chi connectivity index (χ1v) is 5.63. The zero-order valence-corrected chi connectivity index (χ0v) is 10.9. The number of allylic oxidation sites excluding steroid dienone is 2. The number of rotatable bonds is 0. The lowest BCUT2D eigenvalue weighted by Crippen LogP contribution is -2.05. The largest absolute Gasteiger partial charge is 0.480 e. The van der Waals surface area contributed by atoms with Crippen LogP contribution in [0, 0.1) is 0 Å². The van der Waals surface area contributed by atoms with Crippen LogP contribution in [0.3, 0.4) is 0 Å². The van der Waals surface area contributed by atoms with Gasteiger partial charge in [0, 0.05) is 4.48 Å². The fraction of sp³-hybridized carbons (Fsp3) is 0.200. The maximum Gasteiger partial charge on any atom is 0.185 e. The van der Waals surface area contributed by atoms with Crippen LogP contribution in [0.1, 0.15) is 0 Å². The monoisotopic (exact) mass is 394 g/mol. The smallest absolute Gasteiger partial charge is 0.185 e. The minimum absolute atomic E-state index is 0.0804. The van der Waals surface area contributed by atoms with Gasteiger partial charge in [0.2, 0.25) is 0 Å². The molecule has 10 heavy (non-hydrogen) atoms. The number of alkyl halides is 1. The van der Waals surface area contributed by atoms with Gasteiger partial charge in [-0.3, -0.25) is 0 Å². The number of hydrogen-bond donors (Lipinski definition) is 0. The van der Waals surface area contributed by atoms with Crippen molar-refractivity contribution < 1.29 is 4.74 Å². The summed E-state index contributed by atoms with van der Waals surface area (Å²) >= 11 is 13.3. The second-order valence-corrected chi connectivity index (χ2v) is 4.91. The molecule has 1 aliphatic rings. The van der Waals surface area contributed by atoms with E-state index in [4.69, 9.17) is 4.74 Å². The second-order valence-electron chi connectivity index (χ2n) is 1.58. The molecule has 0 amide bonds. The van der Waals surface area contributed by atoms with Gasteiger partial charge in [-0.2, -0.15) is 0 Å². The molecule has 0 aliphatic carbocycles. The quantitative estimate of drug-likeness (QED) is 0.562. The van der Waals surface area contributed by atoms with Crippen LogP contribution < -0.4 is 0 Å². The molecule has 0 N–H and O–H groups in total. The van der Waals surface area contributed by atoms with Crippen LogP contribution in [-0.4, -0.2) is 5.01 Å². The summed E-state index contributed by atoms with van der Waals surface area (Å²) in [5.74, 6) is 0. The van der Waals surface area contributed by atoms with Crippen molar-refractivity contribution in [3.63, 3.8) is 0 Å². The van der Waals surface area contributed by atoms with Gasteiger partial charge >= 0.3 is 0 Å². The molecule has 0 spiro atoms. The molecule has 1 rings (SSSR count). The zero-order valence-electron chi connectivity index (χ0n) is 4.57. The van der Waals surface area contributed by atoms with Crippen molar-refractivity contribution in [3.05, 3.63) is 19.7 Å². The molecule has 56 valence electrons. The highest BCUT2D eigenvalue weighted by atomic mass is 79.9. The first kappa shape index (κ1) is 9.29. The third-order valence-electron chi connectivity index (χ3n) is 0.910. The van der Waals surface area contributed by atoms with E-state index in [1.165, 1.54) is 0 Å². The molecule has 0 bridgehead atoms. The lowest BCUT2D eigenvalue weighted by molar-refractivity contribution is 0.259. The lowest BCUT2D eigenvalue weighted by atomic mass is 10.4. The van der Waals surface area contributed by atoms with Gasteiger partial charge in [0.15, 0.2) is 5.01 Å². The zero-order chi connectivity index (χ0) is 7.72. The van der Waals surface area contributed by atoms with Gasteiger partial charge in [-0.1, -0.05) is 0 Å². The van der Waals surface area contributed by atoms with Gasteiger partial charge in [0.05, 0.1) is 8.96 Å². The van der Waals surface area contributed by atoms with Gasteiger partial charge in [-0.05, 0) is 63.7 Å². The van der Waals surface area contributed by atoms with Crippen molar-refractivity contribution in [3.8, 4) is 0 Å². The van der Waals surface area contributed by atoms with E-state index in [0.717, 1.165) is 13.4 Å². The third-order valence-corrected chi connectivity index (χ3v) is 5.51. The van der Waals surface area contributed by atoms with Gasteiger partial charge in [0.1, 0.15) is 6.26 Å². The standard InChI is InChI=1S/C5H2Br4O/c6-2-1-10-5(9)4(8)3(2)7/h1,5H. The Hall–Kier alpha value is 1.20. The Bertz CT molecular complexity index is 208. The molecular formula is C5H2Br4O. The molecule has 5 heteroatoms. The molecule has 0 radical (unpaired) electrons. The van der Waals surface area contributed by atoms with Crippen molar-refractivity contribution in [1.82, 2.24) is 0 Å². The summed E-state index contributed by atoms with van der Waals surface area (Å²) in [5, 5.41) is -0.0804. The molecule has 1 unspecified atom stereocenters. The molecule has 0 aromatic heterocycles. The summed E-state index contributed by atoms with van der Waals surface area (Å²) in [7, 11) is 0. The average molecular weight is 398 g/mol. The number of ether oxygens (including phenoxy) is 1. The minimum Gasteiger partial charge on any atom is -0.480 e. The van der Waals surface area contributed by atoms with Gasteiger partial charge < -0.3 is 4.74 Å². The second kappa shape index (κ2) is 3.74. The molecule has 0 aromatic carbocycles. The first-order chi connectivity index (χ1) is 4.63. The Balaban J connectivity index is 2.94. The Labute approximate surface area is 92.4 Å². The van der Waals surface area contributed by atoms with Gasteiger partial charge in [0.25, 0.3) is 0 Å². The average Bonchev–Trinajstić information content (AvgIpc) is 1.93. The molecule has 0 aromatic rings. The van der Waals surface area contributed by atoms with E-state index < -0.39 is 0 Å². The maximum absolute atomic E-state index is 5.15. The highest BCUT2D eigenvalue weighted by Crippen LogP contribution is 2.37. The van der Waals surface area contributed by atoms with Crippen LogP contribution in [-0.2, 0) is 4.74 Å². The van der Waals surface area contributed by atoms with Crippen molar-refractivity contribution in [1.29, 1.82) is 0 Å². The Morgan fingerprint density at radius 2 is 1.90 bits per heavy atom. The third kappa shape index (κ3) is 1.87. The van der Waals surface area contributed by atoms with E-state index in [9.17, 15) is 0 Å².